The van der Waals surface area contributed by atoms with Gasteiger partial charge < -0.3 is 5.32 Å². The fourth-order valence-electron chi connectivity index (χ4n) is 1.09. The first-order valence-electron chi connectivity index (χ1n) is 4.57. The Morgan fingerprint density at radius 2 is 2.12 bits per heavy atom. The number of nitrogens with two attached hydrogens (primary N) is 1. The van der Waals surface area contributed by atoms with Crippen LogP contribution >= 0.6 is 12.6 Å². The zero-order valence-electron chi connectivity index (χ0n) is 8.68. The number of halogens is 1. The Balaban J connectivity index is 2.67. The number of rotatable bonds is 4. The minimum atomic E-state index is -3.64. The van der Waals surface area contributed by atoms with Crippen molar-refractivity contribution in [1.82, 2.24) is 5.32 Å². The number of primary sulfonamides is 1. The van der Waals surface area contributed by atoms with Crippen LogP contribution in [-0.2, 0) is 10.0 Å². The molecule has 1 aromatic rings. The molecule has 0 bridgehead atoms. The van der Waals surface area contributed by atoms with E-state index < -0.39 is 27.5 Å². The van der Waals surface area contributed by atoms with Crippen molar-refractivity contribution in [2.45, 2.75) is 4.90 Å². The van der Waals surface area contributed by atoms with Gasteiger partial charge in [-0.25, -0.2) is 17.9 Å². The van der Waals surface area contributed by atoms with E-state index in [2.05, 4.69) is 17.9 Å². The number of amides is 1. The summed E-state index contributed by atoms with van der Waals surface area (Å²) in [6.07, 6.45) is 0. The molecule has 0 aliphatic carbocycles. The third-order valence-electron chi connectivity index (χ3n) is 1.87. The molecular weight excluding hydrogens is 267 g/mol. The monoisotopic (exact) mass is 278 g/mol. The lowest BCUT2D eigenvalue weighted by Crippen LogP contribution is -2.31. The van der Waals surface area contributed by atoms with Gasteiger partial charge in [0.15, 0.2) is 0 Å². The third-order valence-corrected chi connectivity index (χ3v) is 2.92. The van der Waals surface area contributed by atoms with Gasteiger partial charge in [0.1, 0.15) is 5.82 Å². The van der Waals surface area contributed by atoms with E-state index >= 15 is 0 Å². The summed E-state index contributed by atoms with van der Waals surface area (Å²) in [5, 5.41) is 7.00. The molecule has 0 spiro atoms. The van der Waals surface area contributed by atoms with Crippen LogP contribution in [0.1, 0.15) is 10.4 Å². The highest BCUT2D eigenvalue weighted by Gasteiger charge is 2.12. The minimum Gasteiger partial charge on any atom is -0.351 e. The van der Waals surface area contributed by atoms with Crippen LogP contribution in [0.25, 0.3) is 0 Å². The molecule has 0 unspecified atom stereocenters. The van der Waals surface area contributed by atoms with Crippen LogP contribution in [0.15, 0.2) is 23.1 Å². The number of hydrogen-bond acceptors (Lipinski definition) is 4. The summed E-state index contributed by atoms with van der Waals surface area (Å²) in [5.41, 5.74) is -0.188. The van der Waals surface area contributed by atoms with Gasteiger partial charge in [0.2, 0.25) is 10.0 Å². The van der Waals surface area contributed by atoms with Crippen LogP contribution in [0.5, 0.6) is 0 Å². The highest BCUT2D eigenvalue weighted by atomic mass is 32.2. The van der Waals surface area contributed by atoms with Crippen molar-refractivity contribution in [2.24, 2.45) is 5.14 Å². The van der Waals surface area contributed by atoms with Gasteiger partial charge in [0, 0.05) is 11.4 Å². The van der Waals surface area contributed by atoms with E-state index in [-0.39, 0.29) is 12.1 Å². The highest BCUT2D eigenvalue weighted by Crippen LogP contribution is 2.13. The molecule has 1 amide bonds. The second-order valence-corrected chi connectivity index (χ2v) is 5.54. The lowest BCUT2D eigenvalue weighted by Gasteiger charge is -2.05. The number of thiol groups is 1. The summed E-state index contributed by atoms with van der Waals surface area (Å²) >= 11 is 3.97. The average Bonchev–Trinajstić information content (AvgIpc) is 2.19. The van der Waals surface area contributed by atoms with Gasteiger partial charge in [-0.3, -0.25) is 4.79 Å². The first kappa shape index (κ1) is 13.9. The van der Waals surface area contributed by atoms with Crippen molar-refractivity contribution >= 4 is 28.6 Å². The van der Waals surface area contributed by atoms with Crippen molar-refractivity contribution < 1.29 is 17.6 Å². The number of sulfonamides is 1. The Morgan fingerprint density at radius 1 is 1.47 bits per heavy atom. The number of carbonyl (C=O) groups is 1. The SMILES string of the molecule is NS(=O)(=O)CCNC(=O)c1cc(S)ccc1F. The van der Waals surface area contributed by atoms with Crippen LogP contribution in [0.2, 0.25) is 0 Å². The molecule has 5 nitrogen and oxygen atoms in total. The van der Waals surface area contributed by atoms with Crippen molar-refractivity contribution in [3.8, 4) is 0 Å². The van der Waals surface area contributed by atoms with Gasteiger partial charge in [-0.1, -0.05) is 0 Å². The molecule has 1 aromatic carbocycles. The number of hydrogen-bond donors (Lipinski definition) is 3. The van der Waals surface area contributed by atoms with E-state index in [0.717, 1.165) is 6.07 Å². The summed E-state index contributed by atoms with van der Waals surface area (Å²) in [4.78, 5) is 11.9. The molecule has 17 heavy (non-hydrogen) atoms. The van der Waals surface area contributed by atoms with E-state index in [4.69, 9.17) is 5.14 Å². The van der Waals surface area contributed by atoms with Crippen molar-refractivity contribution in [2.75, 3.05) is 12.3 Å². The Morgan fingerprint density at radius 3 is 2.71 bits per heavy atom. The Labute approximate surface area is 104 Å². The van der Waals surface area contributed by atoms with Crippen LogP contribution < -0.4 is 10.5 Å². The van der Waals surface area contributed by atoms with Crippen molar-refractivity contribution in [1.29, 1.82) is 0 Å². The first-order chi connectivity index (χ1) is 7.79. The molecule has 0 saturated carbocycles. The van der Waals surface area contributed by atoms with Crippen LogP contribution in [0.3, 0.4) is 0 Å². The normalized spacial score (nSPS) is 11.2. The zero-order chi connectivity index (χ0) is 13.1. The number of nitrogens with one attached hydrogen (secondary N) is 1. The molecule has 0 heterocycles. The number of carbonyl (C=O) groups excluding carboxylic acids is 1. The maximum Gasteiger partial charge on any atom is 0.254 e. The quantitative estimate of drug-likeness (QED) is 0.684. The first-order valence-corrected chi connectivity index (χ1v) is 6.73. The van der Waals surface area contributed by atoms with Gasteiger partial charge in [-0.05, 0) is 18.2 Å². The molecule has 3 N–H and O–H groups in total. The molecule has 0 aliphatic heterocycles. The van der Waals surface area contributed by atoms with E-state index in [0.29, 0.717) is 4.90 Å². The minimum absolute atomic E-state index is 0.173. The van der Waals surface area contributed by atoms with Gasteiger partial charge in [-0.15, -0.1) is 12.6 Å². The summed E-state index contributed by atoms with van der Waals surface area (Å²) in [7, 11) is -3.64. The molecule has 0 atom stereocenters. The molecule has 8 heteroatoms. The smallest absolute Gasteiger partial charge is 0.254 e. The van der Waals surface area contributed by atoms with Gasteiger partial charge in [-0.2, -0.15) is 0 Å². The molecule has 0 radical (unpaired) electrons. The second-order valence-electron chi connectivity index (χ2n) is 3.29. The standard InChI is InChI=1S/C9H11FN2O3S2/c10-8-2-1-6(16)5-7(8)9(13)12-3-4-17(11,14)15/h1-2,5,16H,3-4H2,(H,12,13)(H2,11,14,15). The van der Waals surface area contributed by atoms with Crippen LogP contribution in [0, 0.1) is 5.82 Å². The topological polar surface area (TPSA) is 89.3 Å². The second kappa shape index (κ2) is 5.48. The largest absolute Gasteiger partial charge is 0.351 e. The number of benzene rings is 1. The fraction of sp³-hybridized carbons (Fsp3) is 0.222. The Bertz CT molecular complexity index is 531. The zero-order valence-corrected chi connectivity index (χ0v) is 10.4. The Kier molecular flexibility index (Phi) is 4.49. The molecule has 0 aromatic heterocycles. The molecule has 0 saturated heterocycles. The molecule has 0 fully saturated rings. The Hall–Kier alpha value is -1.12. The maximum atomic E-state index is 13.2. The molecule has 1 rings (SSSR count). The molecule has 94 valence electrons. The lowest BCUT2D eigenvalue weighted by atomic mass is 10.2. The van der Waals surface area contributed by atoms with E-state index in [1.807, 2.05) is 0 Å². The van der Waals surface area contributed by atoms with E-state index in [9.17, 15) is 17.6 Å². The van der Waals surface area contributed by atoms with E-state index in [1.54, 1.807) is 0 Å². The third kappa shape index (κ3) is 4.72. The highest BCUT2D eigenvalue weighted by molar-refractivity contribution is 7.89. The van der Waals surface area contributed by atoms with Crippen molar-refractivity contribution in [3.05, 3.63) is 29.6 Å². The van der Waals surface area contributed by atoms with Crippen LogP contribution in [-0.4, -0.2) is 26.6 Å². The predicted molar refractivity (Wildman–Crippen MR) is 64.0 cm³/mol. The lowest BCUT2D eigenvalue weighted by molar-refractivity contribution is 0.0952. The fourth-order valence-corrected chi connectivity index (χ4v) is 1.68. The average molecular weight is 278 g/mol. The molecule has 0 aliphatic rings. The van der Waals surface area contributed by atoms with E-state index in [1.165, 1.54) is 12.1 Å². The van der Waals surface area contributed by atoms with Crippen LogP contribution in [0.4, 0.5) is 4.39 Å². The summed E-state index contributed by atoms with van der Waals surface area (Å²) in [6, 6.07) is 3.77. The summed E-state index contributed by atoms with van der Waals surface area (Å²) in [5.74, 6) is -1.81. The molecular formula is C9H11FN2O3S2. The van der Waals surface area contributed by atoms with Gasteiger partial charge in [0.05, 0.1) is 11.3 Å². The maximum absolute atomic E-state index is 13.2. The predicted octanol–water partition coefficient (Wildman–Crippen LogP) is 0.133. The van der Waals surface area contributed by atoms with Gasteiger partial charge >= 0.3 is 0 Å². The van der Waals surface area contributed by atoms with Crippen molar-refractivity contribution in [3.63, 3.8) is 0 Å². The summed E-state index contributed by atoms with van der Waals surface area (Å²) in [6.45, 7) is -0.173. The summed E-state index contributed by atoms with van der Waals surface area (Å²) < 4.78 is 34.5. The van der Waals surface area contributed by atoms with Gasteiger partial charge in [0.25, 0.3) is 5.91 Å².